The third-order valence-corrected chi connectivity index (χ3v) is 2.60. The van der Waals surface area contributed by atoms with E-state index in [1.165, 1.54) is 6.42 Å². The van der Waals surface area contributed by atoms with Crippen molar-refractivity contribution in [2.45, 2.75) is 39.2 Å². The number of hydrogen-bond donors (Lipinski definition) is 1. The highest BCUT2D eigenvalue weighted by Crippen LogP contribution is 2.15. The van der Waals surface area contributed by atoms with Crippen LogP contribution < -0.4 is 5.73 Å². The van der Waals surface area contributed by atoms with Crippen molar-refractivity contribution in [1.29, 1.82) is 0 Å². The Kier molecular flexibility index (Phi) is 4.69. The average molecular weight is 158 g/mol. The van der Waals surface area contributed by atoms with Crippen LogP contribution in [0.2, 0.25) is 0 Å². The van der Waals surface area contributed by atoms with E-state index in [0.717, 1.165) is 19.5 Å². The van der Waals surface area contributed by atoms with Crippen LogP contribution in [0.25, 0.3) is 0 Å². The molecule has 2 nitrogen and oxygen atoms in total. The molecule has 0 amide bonds. The van der Waals surface area contributed by atoms with Crippen molar-refractivity contribution >= 4 is 0 Å². The lowest BCUT2D eigenvalue weighted by Crippen LogP contribution is -2.41. The summed E-state index contributed by atoms with van der Waals surface area (Å²) in [6.07, 6.45) is 2.29. The van der Waals surface area contributed by atoms with Crippen LogP contribution in [0.3, 0.4) is 0 Å². The maximum Gasteiger partial charge on any atom is 0.0147 e. The first-order chi connectivity index (χ1) is 5.04. The highest BCUT2D eigenvalue weighted by atomic mass is 15.2. The molecule has 0 aliphatic rings. The van der Waals surface area contributed by atoms with Gasteiger partial charge >= 0.3 is 0 Å². The third kappa shape index (κ3) is 3.73. The third-order valence-electron chi connectivity index (χ3n) is 2.60. The maximum atomic E-state index is 5.43. The molecule has 0 aromatic carbocycles. The lowest BCUT2D eigenvalue weighted by Gasteiger charge is -2.34. The van der Waals surface area contributed by atoms with Gasteiger partial charge in [-0.05, 0) is 46.8 Å². The second-order valence-electron chi connectivity index (χ2n) is 3.73. The zero-order valence-electron chi connectivity index (χ0n) is 8.35. The molecule has 2 heteroatoms. The van der Waals surface area contributed by atoms with Gasteiger partial charge in [-0.3, -0.25) is 0 Å². The fraction of sp³-hybridized carbons (Fsp3) is 1.00. The van der Waals surface area contributed by atoms with E-state index in [-0.39, 0.29) is 0 Å². The minimum absolute atomic E-state index is 0.329. The van der Waals surface area contributed by atoms with E-state index in [2.05, 4.69) is 32.7 Å². The molecule has 0 unspecified atom stereocenters. The quantitative estimate of drug-likeness (QED) is 0.656. The molecule has 0 atom stereocenters. The molecule has 0 spiro atoms. The topological polar surface area (TPSA) is 29.3 Å². The Morgan fingerprint density at radius 1 is 1.36 bits per heavy atom. The lowest BCUT2D eigenvalue weighted by atomic mass is 10.00. The van der Waals surface area contributed by atoms with Crippen LogP contribution >= 0.6 is 0 Å². The molecule has 0 saturated carbocycles. The molecule has 0 rings (SSSR count). The predicted molar refractivity (Wildman–Crippen MR) is 50.7 cm³/mol. The van der Waals surface area contributed by atoms with Crippen LogP contribution in [0.15, 0.2) is 0 Å². The monoisotopic (exact) mass is 158 g/mol. The molecule has 0 aromatic rings. The largest absolute Gasteiger partial charge is 0.330 e. The summed E-state index contributed by atoms with van der Waals surface area (Å²) in [5, 5.41) is 0. The van der Waals surface area contributed by atoms with Gasteiger partial charge in [-0.1, -0.05) is 6.92 Å². The molecular formula is C9H22N2. The highest BCUT2D eigenvalue weighted by molar-refractivity contribution is 4.76. The molecule has 0 bridgehead atoms. The molecule has 11 heavy (non-hydrogen) atoms. The molecular weight excluding hydrogens is 136 g/mol. The first kappa shape index (κ1) is 10.9. The summed E-state index contributed by atoms with van der Waals surface area (Å²) in [5.74, 6) is 0. The minimum Gasteiger partial charge on any atom is -0.330 e. The standard InChI is InChI=1S/C9H22N2/c1-5-9(2,3)11(4)8-6-7-10/h5-8,10H2,1-4H3. The molecule has 0 fully saturated rings. The van der Waals surface area contributed by atoms with E-state index < -0.39 is 0 Å². The summed E-state index contributed by atoms with van der Waals surface area (Å²) in [7, 11) is 2.17. The Morgan fingerprint density at radius 2 is 1.91 bits per heavy atom. The van der Waals surface area contributed by atoms with Crippen molar-refractivity contribution in [3.63, 3.8) is 0 Å². The van der Waals surface area contributed by atoms with Crippen molar-refractivity contribution in [2.75, 3.05) is 20.1 Å². The van der Waals surface area contributed by atoms with Crippen LogP contribution in [0.4, 0.5) is 0 Å². The van der Waals surface area contributed by atoms with E-state index in [1.807, 2.05) is 0 Å². The van der Waals surface area contributed by atoms with Gasteiger partial charge in [-0.15, -0.1) is 0 Å². The first-order valence-electron chi connectivity index (χ1n) is 4.46. The van der Waals surface area contributed by atoms with Gasteiger partial charge in [0.15, 0.2) is 0 Å². The highest BCUT2D eigenvalue weighted by Gasteiger charge is 2.19. The Labute approximate surface area is 70.8 Å². The van der Waals surface area contributed by atoms with Gasteiger partial charge in [0.2, 0.25) is 0 Å². The van der Waals surface area contributed by atoms with Gasteiger partial charge in [0.25, 0.3) is 0 Å². The summed E-state index contributed by atoms with van der Waals surface area (Å²) < 4.78 is 0. The number of hydrogen-bond acceptors (Lipinski definition) is 2. The number of nitrogens with two attached hydrogens (primary N) is 1. The summed E-state index contributed by atoms with van der Waals surface area (Å²) in [6, 6.07) is 0. The Hall–Kier alpha value is -0.0800. The van der Waals surface area contributed by atoms with E-state index in [1.54, 1.807) is 0 Å². The average Bonchev–Trinajstić information content (AvgIpc) is 2.00. The number of rotatable bonds is 5. The summed E-state index contributed by atoms with van der Waals surface area (Å²) >= 11 is 0. The Morgan fingerprint density at radius 3 is 2.27 bits per heavy atom. The predicted octanol–water partition coefficient (Wildman–Crippen LogP) is 1.46. The molecule has 0 heterocycles. The lowest BCUT2D eigenvalue weighted by molar-refractivity contribution is 0.150. The van der Waals surface area contributed by atoms with Crippen LogP contribution in [0.5, 0.6) is 0 Å². The Bertz CT molecular complexity index is 99.7. The van der Waals surface area contributed by atoms with E-state index in [4.69, 9.17) is 5.73 Å². The molecule has 0 saturated heterocycles. The molecule has 2 N–H and O–H groups in total. The summed E-state index contributed by atoms with van der Waals surface area (Å²) in [4.78, 5) is 2.37. The SMILES string of the molecule is CCC(C)(C)N(C)CCCN. The van der Waals surface area contributed by atoms with Crippen molar-refractivity contribution in [1.82, 2.24) is 4.90 Å². The van der Waals surface area contributed by atoms with E-state index >= 15 is 0 Å². The van der Waals surface area contributed by atoms with Crippen LogP contribution in [-0.2, 0) is 0 Å². The summed E-state index contributed by atoms with van der Waals surface area (Å²) in [5.41, 5.74) is 5.76. The maximum absolute atomic E-state index is 5.43. The summed E-state index contributed by atoms with van der Waals surface area (Å²) in [6.45, 7) is 8.66. The first-order valence-corrected chi connectivity index (χ1v) is 4.46. The van der Waals surface area contributed by atoms with Crippen LogP contribution in [0.1, 0.15) is 33.6 Å². The van der Waals surface area contributed by atoms with E-state index in [0.29, 0.717) is 5.54 Å². The molecule has 0 aliphatic heterocycles. The fourth-order valence-corrected chi connectivity index (χ4v) is 0.901. The minimum atomic E-state index is 0.329. The van der Waals surface area contributed by atoms with Gasteiger partial charge < -0.3 is 10.6 Å². The smallest absolute Gasteiger partial charge is 0.0147 e. The van der Waals surface area contributed by atoms with E-state index in [9.17, 15) is 0 Å². The van der Waals surface area contributed by atoms with Crippen LogP contribution in [0, 0.1) is 0 Å². The van der Waals surface area contributed by atoms with Crippen molar-refractivity contribution in [3.8, 4) is 0 Å². The van der Waals surface area contributed by atoms with Crippen molar-refractivity contribution in [3.05, 3.63) is 0 Å². The van der Waals surface area contributed by atoms with Gasteiger partial charge in [0, 0.05) is 5.54 Å². The number of nitrogens with zero attached hydrogens (tertiary/aromatic N) is 1. The molecule has 68 valence electrons. The molecule has 0 aliphatic carbocycles. The molecule has 0 radical (unpaired) electrons. The van der Waals surface area contributed by atoms with Gasteiger partial charge in [-0.25, -0.2) is 0 Å². The Balaban J connectivity index is 3.71. The second kappa shape index (κ2) is 4.73. The zero-order valence-corrected chi connectivity index (χ0v) is 8.35. The molecule has 0 aromatic heterocycles. The van der Waals surface area contributed by atoms with Gasteiger partial charge in [-0.2, -0.15) is 0 Å². The second-order valence-corrected chi connectivity index (χ2v) is 3.73. The van der Waals surface area contributed by atoms with Crippen molar-refractivity contribution in [2.24, 2.45) is 5.73 Å². The van der Waals surface area contributed by atoms with Crippen molar-refractivity contribution < 1.29 is 0 Å². The zero-order chi connectivity index (χ0) is 8.91. The fourth-order valence-electron chi connectivity index (χ4n) is 0.901. The van der Waals surface area contributed by atoms with Gasteiger partial charge in [0.1, 0.15) is 0 Å². The van der Waals surface area contributed by atoms with Crippen LogP contribution in [-0.4, -0.2) is 30.6 Å². The normalized spacial score (nSPS) is 12.5. The van der Waals surface area contributed by atoms with Gasteiger partial charge in [0.05, 0.1) is 0 Å².